The molecule has 4 rings (SSSR count). The quantitative estimate of drug-likeness (QED) is 0.425. The van der Waals surface area contributed by atoms with Gasteiger partial charge in [-0.05, 0) is 35.4 Å². The van der Waals surface area contributed by atoms with Gasteiger partial charge in [0, 0.05) is 22.3 Å². The number of rotatable bonds is 3. The summed E-state index contributed by atoms with van der Waals surface area (Å²) in [6, 6.07) is 23.7. The van der Waals surface area contributed by atoms with E-state index in [0.29, 0.717) is 11.1 Å². The Balaban J connectivity index is 2.27. The van der Waals surface area contributed by atoms with E-state index in [2.05, 4.69) is 0 Å². The summed E-state index contributed by atoms with van der Waals surface area (Å²) in [5, 5.41) is 4.07. The maximum atomic E-state index is 12.4. The van der Waals surface area contributed by atoms with Crippen LogP contribution in [0.3, 0.4) is 0 Å². The molecule has 0 bridgehead atoms. The van der Waals surface area contributed by atoms with Gasteiger partial charge < -0.3 is 0 Å². The Morgan fingerprint density at radius 3 is 1.31 bits per heavy atom. The second-order valence-electron chi connectivity index (χ2n) is 6.53. The first-order chi connectivity index (χ1) is 12.6. The van der Waals surface area contributed by atoms with E-state index in [0.717, 1.165) is 32.7 Å². The first-order valence-electron chi connectivity index (χ1n) is 8.63. The Morgan fingerprint density at radius 2 is 0.923 bits per heavy atom. The van der Waals surface area contributed by atoms with Gasteiger partial charge in [0.15, 0.2) is 11.6 Å². The highest BCUT2D eigenvalue weighted by atomic mass is 16.1. The highest BCUT2D eigenvalue weighted by Gasteiger charge is 2.20. The van der Waals surface area contributed by atoms with Gasteiger partial charge in [0.05, 0.1) is 0 Å². The molecule has 0 aliphatic rings. The van der Waals surface area contributed by atoms with Crippen molar-refractivity contribution in [2.75, 3.05) is 0 Å². The molecule has 4 aromatic carbocycles. The van der Waals surface area contributed by atoms with E-state index in [1.807, 2.05) is 72.8 Å². The van der Waals surface area contributed by atoms with Gasteiger partial charge in [0.1, 0.15) is 0 Å². The molecular formula is C24H18O2. The average Bonchev–Trinajstić information content (AvgIpc) is 2.66. The first-order valence-corrected chi connectivity index (χ1v) is 8.63. The Bertz CT molecular complexity index is 1090. The van der Waals surface area contributed by atoms with Crippen LogP contribution in [0.25, 0.3) is 32.7 Å². The van der Waals surface area contributed by atoms with Gasteiger partial charge in [-0.15, -0.1) is 0 Å². The van der Waals surface area contributed by atoms with Gasteiger partial charge in [-0.2, -0.15) is 0 Å². The third-order valence-electron chi connectivity index (χ3n) is 4.87. The number of Topliss-reactive ketones (excluding diaryl/α,β-unsaturated/α-hetero) is 2. The number of ketones is 2. The van der Waals surface area contributed by atoms with E-state index in [4.69, 9.17) is 0 Å². The van der Waals surface area contributed by atoms with Gasteiger partial charge in [0.25, 0.3) is 0 Å². The third kappa shape index (κ3) is 2.51. The van der Waals surface area contributed by atoms with E-state index in [-0.39, 0.29) is 11.6 Å². The van der Waals surface area contributed by atoms with E-state index in [9.17, 15) is 9.59 Å². The van der Waals surface area contributed by atoms with E-state index < -0.39 is 0 Å². The maximum absolute atomic E-state index is 12.4. The summed E-state index contributed by atoms with van der Waals surface area (Å²) in [6.45, 7) is 3.15. The summed E-state index contributed by atoms with van der Waals surface area (Å²) >= 11 is 0. The summed E-state index contributed by atoms with van der Waals surface area (Å²) in [4.78, 5) is 24.8. The minimum Gasteiger partial charge on any atom is -0.294 e. The van der Waals surface area contributed by atoms with Gasteiger partial charge in [-0.3, -0.25) is 9.59 Å². The van der Waals surface area contributed by atoms with Crippen LogP contribution in [-0.2, 0) is 0 Å². The lowest BCUT2D eigenvalue weighted by Crippen LogP contribution is -2.03. The second-order valence-corrected chi connectivity index (χ2v) is 6.53. The average molecular weight is 338 g/mol. The van der Waals surface area contributed by atoms with Crippen LogP contribution in [0, 0.1) is 0 Å². The molecule has 0 aromatic heterocycles. The van der Waals surface area contributed by atoms with Crippen LogP contribution >= 0.6 is 0 Å². The minimum absolute atomic E-state index is 0.00631. The molecule has 0 spiro atoms. The molecule has 4 aromatic rings. The van der Waals surface area contributed by atoms with Crippen molar-refractivity contribution in [2.24, 2.45) is 0 Å². The fourth-order valence-electron chi connectivity index (χ4n) is 3.67. The Morgan fingerprint density at radius 1 is 0.538 bits per heavy atom. The molecule has 0 atom stereocenters. The summed E-state index contributed by atoms with van der Waals surface area (Å²) < 4.78 is 0. The molecule has 0 radical (unpaired) electrons. The number of hydrogen-bond acceptors (Lipinski definition) is 2. The predicted octanol–water partition coefficient (Wildman–Crippen LogP) is 6.07. The van der Waals surface area contributed by atoms with Crippen molar-refractivity contribution in [3.8, 4) is 11.1 Å². The molecule has 0 saturated heterocycles. The Hall–Kier alpha value is -3.26. The molecular weight excluding hydrogens is 320 g/mol. The van der Waals surface area contributed by atoms with Crippen molar-refractivity contribution >= 4 is 33.1 Å². The summed E-state index contributed by atoms with van der Waals surface area (Å²) in [6.07, 6.45) is 0. The van der Waals surface area contributed by atoms with Crippen molar-refractivity contribution < 1.29 is 9.59 Å². The molecule has 0 saturated carbocycles. The van der Waals surface area contributed by atoms with Crippen molar-refractivity contribution in [1.82, 2.24) is 0 Å². The second kappa shape index (κ2) is 6.23. The third-order valence-corrected chi connectivity index (χ3v) is 4.87. The predicted molar refractivity (Wildman–Crippen MR) is 107 cm³/mol. The first kappa shape index (κ1) is 16.2. The Labute approximate surface area is 152 Å². The standard InChI is InChI=1S/C24H18O2/c1-15(25)19-13-11-17-7-3-5-9-21(17)23(19)24-20(16(2)26)14-12-18-8-4-6-10-22(18)24/h3-14H,1-2H3. The highest BCUT2D eigenvalue weighted by Crippen LogP contribution is 2.39. The molecule has 2 heteroatoms. The fraction of sp³-hybridized carbons (Fsp3) is 0.0833. The lowest BCUT2D eigenvalue weighted by Gasteiger charge is -2.17. The molecule has 0 heterocycles. The van der Waals surface area contributed by atoms with E-state index in [1.54, 1.807) is 13.8 Å². The summed E-state index contributed by atoms with van der Waals surface area (Å²) in [7, 11) is 0. The number of hydrogen-bond donors (Lipinski definition) is 0. The normalized spacial score (nSPS) is 11.0. The van der Waals surface area contributed by atoms with Gasteiger partial charge in [0.2, 0.25) is 0 Å². The zero-order chi connectivity index (χ0) is 18.3. The van der Waals surface area contributed by atoms with Crippen molar-refractivity contribution in [3.63, 3.8) is 0 Å². The molecule has 126 valence electrons. The van der Waals surface area contributed by atoms with E-state index in [1.165, 1.54) is 0 Å². The van der Waals surface area contributed by atoms with Crippen LogP contribution in [0.5, 0.6) is 0 Å². The Kier molecular flexibility index (Phi) is 3.89. The molecule has 0 unspecified atom stereocenters. The summed E-state index contributed by atoms with van der Waals surface area (Å²) in [5.41, 5.74) is 2.97. The van der Waals surface area contributed by atoms with Crippen LogP contribution < -0.4 is 0 Å². The van der Waals surface area contributed by atoms with Crippen molar-refractivity contribution in [2.45, 2.75) is 13.8 Å². The van der Waals surface area contributed by atoms with E-state index >= 15 is 0 Å². The number of carbonyl (C=O) groups is 2. The molecule has 0 N–H and O–H groups in total. The molecule has 0 fully saturated rings. The zero-order valence-corrected chi connectivity index (χ0v) is 14.7. The number of carbonyl (C=O) groups excluding carboxylic acids is 2. The maximum Gasteiger partial charge on any atom is 0.160 e. The van der Waals surface area contributed by atoms with Gasteiger partial charge in [-0.25, -0.2) is 0 Å². The molecule has 26 heavy (non-hydrogen) atoms. The SMILES string of the molecule is CC(=O)c1ccc2ccccc2c1-c1c(C(C)=O)ccc2ccccc12. The topological polar surface area (TPSA) is 34.1 Å². The van der Waals surface area contributed by atoms with Crippen molar-refractivity contribution in [3.05, 3.63) is 83.9 Å². The van der Waals surface area contributed by atoms with Crippen LogP contribution in [-0.4, -0.2) is 11.6 Å². The minimum atomic E-state index is -0.00631. The molecule has 2 nitrogen and oxygen atoms in total. The fourth-order valence-corrected chi connectivity index (χ4v) is 3.67. The monoisotopic (exact) mass is 338 g/mol. The van der Waals surface area contributed by atoms with Crippen LogP contribution in [0.4, 0.5) is 0 Å². The molecule has 0 aliphatic heterocycles. The zero-order valence-electron chi connectivity index (χ0n) is 14.7. The summed E-state index contributed by atoms with van der Waals surface area (Å²) in [5.74, 6) is -0.0126. The van der Waals surface area contributed by atoms with Crippen LogP contribution in [0.2, 0.25) is 0 Å². The largest absolute Gasteiger partial charge is 0.294 e. The van der Waals surface area contributed by atoms with Crippen LogP contribution in [0.1, 0.15) is 34.6 Å². The lowest BCUT2D eigenvalue weighted by molar-refractivity contribution is 0.100. The smallest absolute Gasteiger partial charge is 0.160 e. The van der Waals surface area contributed by atoms with Crippen LogP contribution in [0.15, 0.2) is 72.8 Å². The highest BCUT2D eigenvalue weighted by molar-refractivity contribution is 6.18. The lowest BCUT2D eigenvalue weighted by atomic mass is 9.85. The number of fused-ring (bicyclic) bond motifs is 2. The number of benzene rings is 4. The van der Waals surface area contributed by atoms with Crippen molar-refractivity contribution in [1.29, 1.82) is 0 Å². The molecule has 0 amide bonds. The van der Waals surface area contributed by atoms with Gasteiger partial charge in [-0.1, -0.05) is 72.8 Å². The van der Waals surface area contributed by atoms with Gasteiger partial charge >= 0.3 is 0 Å². The molecule has 0 aliphatic carbocycles.